The van der Waals surface area contributed by atoms with Crippen molar-refractivity contribution in [3.63, 3.8) is 0 Å². The van der Waals surface area contributed by atoms with Crippen LogP contribution in [0.1, 0.15) is 58.6 Å². The maximum absolute atomic E-state index is 12.3. The van der Waals surface area contributed by atoms with Crippen molar-refractivity contribution in [3.8, 4) is 0 Å². The fraction of sp³-hybridized carbons (Fsp3) is 0.600. The number of anilines is 2. The van der Waals surface area contributed by atoms with Crippen molar-refractivity contribution >= 4 is 33.8 Å². The van der Waals surface area contributed by atoms with Crippen LogP contribution in [-0.2, 0) is 4.74 Å². The first-order chi connectivity index (χ1) is 10.1. The van der Waals surface area contributed by atoms with Crippen molar-refractivity contribution < 1.29 is 14.3 Å². The third kappa shape index (κ3) is 2.77. The third-order valence-corrected chi connectivity index (χ3v) is 5.35. The van der Waals surface area contributed by atoms with Gasteiger partial charge >= 0.3 is 5.97 Å². The monoisotopic (exact) mass is 308 g/mol. The second kappa shape index (κ2) is 5.67. The first kappa shape index (κ1) is 14.4. The Morgan fingerprint density at radius 3 is 2.48 bits per heavy atom. The van der Waals surface area contributed by atoms with E-state index in [4.69, 9.17) is 10.5 Å². The number of esters is 1. The molecule has 1 aromatic rings. The van der Waals surface area contributed by atoms with E-state index in [0.29, 0.717) is 21.5 Å². The minimum atomic E-state index is -0.473. The first-order valence-electron chi connectivity index (χ1n) is 7.43. The molecule has 0 amide bonds. The summed E-state index contributed by atoms with van der Waals surface area (Å²) in [5, 5.41) is 4.08. The highest BCUT2D eigenvalue weighted by Crippen LogP contribution is 2.42. The van der Waals surface area contributed by atoms with E-state index in [0.717, 1.165) is 25.7 Å². The number of thiophene rings is 1. The largest absolute Gasteiger partial charge is 0.465 e. The van der Waals surface area contributed by atoms with Gasteiger partial charge in [0.15, 0.2) is 5.78 Å². The van der Waals surface area contributed by atoms with Gasteiger partial charge in [0.1, 0.15) is 10.6 Å². The zero-order chi connectivity index (χ0) is 15.0. The summed E-state index contributed by atoms with van der Waals surface area (Å²) in [6, 6.07) is 0.357. The fourth-order valence-corrected chi connectivity index (χ4v) is 4.02. The smallest absolute Gasteiger partial charge is 0.343 e. The summed E-state index contributed by atoms with van der Waals surface area (Å²) in [7, 11) is 1.33. The Morgan fingerprint density at radius 2 is 1.90 bits per heavy atom. The Morgan fingerprint density at radius 1 is 1.24 bits per heavy atom. The van der Waals surface area contributed by atoms with Gasteiger partial charge in [-0.25, -0.2) is 4.79 Å². The van der Waals surface area contributed by atoms with Crippen LogP contribution in [0.3, 0.4) is 0 Å². The number of nitrogens with two attached hydrogens (primary N) is 1. The van der Waals surface area contributed by atoms with E-state index in [1.807, 2.05) is 0 Å². The number of rotatable bonds is 5. The average Bonchev–Trinajstić information content (AvgIpc) is 3.12. The quantitative estimate of drug-likeness (QED) is 0.645. The maximum Gasteiger partial charge on any atom is 0.343 e. The SMILES string of the molecule is COC(=O)c1c(NC2CCCC2)sc(C(=O)C2CC2)c1N. The molecule has 0 atom stereocenters. The number of Topliss-reactive ketones (excluding diaryl/α,β-unsaturated/α-hetero) is 1. The molecule has 1 aromatic heterocycles. The molecule has 21 heavy (non-hydrogen) atoms. The van der Waals surface area contributed by atoms with Crippen molar-refractivity contribution in [2.24, 2.45) is 5.92 Å². The molecule has 0 bridgehead atoms. The molecule has 5 nitrogen and oxygen atoms in total. The van der Waals surface area contributed by atoms with Crippen LogP contribution >= 0.6 is 11.3 Å². The lowest BCUT2D eigenvalue weighted by molar-refractivity contribution is 0.0603. The summed E-state index contributed by atoms with van der Waals surface area (Å²) in [6.45, 7) is 0. The van der Waals surface area contributed by atoms with Crippen LogP contribution in [0.5, 0.6) is 0 Å². The number of ketones is 1. The Hall–Kier alpha value is -1.56. The number of methoxy groups -OCH3 is 1. The lowest BCUT2D eigenvalue weighted by atomic mass is 10.1. The van der Waals surface area contributed by atoms with Gasteiger partial charge in [-0.1, -0.05) is 12.8 Å². The van der Waals surface area contributed by atoms with Crippen LogP contribution in [0, 0.1) is 5.92 Å². The van der Waals surface area contributed by atoms with Crippen LogP contribution in [0.4, 0.5) is 10.7 Å². The standard InChI is InChI=1S/C15H20N2O3S/c1-20-15(19)10-11(16)13(12(18)8-6-7-8)21-14(10)17-9-4-2-3-5-9/h8-9,17H,2-7,16H2,1H3. The molecular formula is C15H20N2O3S. The van der Waals surface area contributed by atoms with Crippen molar-refractivity contribution in [2.45, 2.75) is 44.6 Å². The lowest BCUT2D eigenvalue weighted by Gasteiger charge is -2.12. The number of nitrogen functional groups attached to an aromatic ring is 1. The summed E-state index contributed by atoms with van der Waals surface area (Å²) < 4.78 is 4.83. The predicted octanol–water partition coefficient (Wildman–Crippen LogP) is 3.06. The molecule has 2 aliphatic carbocycles. The predicted molar refractivity (Wildman–Crippen MR) is 83.0 cm³/mol. The molecule has 2 aliphatic rings. The van der Waals surface area contributed by atoms with Crippen molar-refractivity contribution in [1.29, 1.82) is 0 Å². The number of hydrogen-bond donors (Lipinski definition) is 2. The van der Waals surface area contributed by atoms with Gasteiger partial charge in [0.25, 0.3) is 0 Å². The van der Waals surface area contributed by atoms with Crippen LogP contribution in [-0.4, -0.2) is 24.9 Å². The molecule has 0 aromatic carbocycles. The maximum atomic E-state index is 12.3. The van der Waals surface area contributed by atoms with Gasteiger partial charge in [-0.05, 0) is 25.7 Å². The second-order valence-corrected chi connectivity index (χ2v) is 6.83. The summed E-state index contributed by atoms with van der Waals surface area (Å²) in [5.74, 6) is -0.308. The zero-order valence-corrected chi connectivity index (χ0v) is 12.9. The number of carbonyl (C=O) groups excluding carboxylic acids is 2. The van der Waals surface area contributed by atoms with E-state index in [1.54, 1.807) is 0 Å². The molecule has 0 aliphatic heterocycles. The Labute approximate surface area is 127 Å². The van der Waals surface area contributed by atoms with Crippen molar-refractivity contribution in [2.75, 3.05) is 18.2 Å². The molecule has 2 saturated carbocycles. The molecule has 0 saturated heterocycles. The second-order valence-electron chi connectivity index (χ2n) is 5.80. The molecule has 3 N–H and O–H groups in total. The molecule has 6 heteroatoms. The summed E-state index contributed by atoms with van der Waals surface area (Å²) in [6.07, 6.45) is 6.42. The average molecular weight is 308 g/mol. The summed E-state index contributed by atoms with van der Waals surface area (Å²) in [5.41, 5.74) is 6.68. The molecule has 1 heterocycles. The van der Waals surface area contributed by atoms with E-state index in [-0.39, 0.29) is 17.4 Å². The van der Waals surface area contributed by atoms with Gasteiger partial charge in [-0.2, -0.15) is 0 Å². The van der Waals surface area contributed by atoms with E-state index < -0.39 is 5.97 Å². The Balaban J connectivity index is 1.93. The molecule has 0 radical (unpaired) electrons. The number of hydrogen-bond acceptors (Lipinski definition) is 6. The molecular weight excluding hydrogens is 288 g/mol. The van der Waals surface area contributed by atoms with Crippen LogP contribution in [0.2, 0.25) is 0 Å². The Bertz CT molecular complexity index is 572. The summed E-state index contributed by atoms with van der Waals surface area (Å²) >= 11 is 1.31. The van der Waals surface area contributed by atoms with E-state index in [9.17, 15) is 9.59 Å². The van der Waals surface area contributed by atoms with Gasteiger partial charge < -0.3 is 15.8 Å². The lowest BCUT2D eigenvalue weighted by Crippen LogP contribution is -2.16. The van der Waals surface area contributed by atoms with Crippen LogP contribution in [0.15, 0.2) is 0 Å². The van der Waals surface area contributed by atoms with Gasteiger partial charge in [0.2, 0.25) is 0 Å². The number of ether oxygens (including phenoxy) is 1. The van der Waals surface area contributed by atoms with Gasteiger partial charge in [0.05, 0.1) is 17.7 Å². The normalized spacial score (nSPS) is 18.7. The molecule has 2 fully saturated rings. The minimum absolute atomic E-state index is 0.0714. The van der Waals surface area contributed by atoms with E-state index in [1.165, 1.54) is 31.3 Å². The van der Waals surface area contributed by atoms with Gasteiger partial charge in [-0.3, -0.25) is 4.79 Å². The Kier molecular flexibility index (Phi) is 3.89. The highest BCUT2D eigenvalue weighted by Gasteiger charge is 2.35. The van der Waals surface area contributed by atoms with Gasteiger partial charge in [-0.15, -0.1) is 11.3 Å². The van der Waals surface area contributed by atoms with Crippen LogP contribution in [0.25, 0.3) is 0 Å². The first-order valence-corrected chi connectivity index (χ1v) is 8.24. The van der Waals surface area contributed by atoms with E-state index >= 15 is 0 Å². The number of nitrogens with one attached hydrogen (secondary N) is 1. The summed E-state index contributed by atoms with van der Waals surface area (Å²) in [4.78, 5) is 24.8. The molecule has 0 spiro atoms. The van der Waals surface area contributed by atoms with E-state index in [2.05, 4.69) is 5.32 Å². The third-order valence-electron chi connectivity index (χ3n) is 4.20. The highest BCUT2D eigenvalue weighted by molar-refractivity contribution is 7.19. The van der Waals surface area contributed by atoms with Gasteiger partial charge in [0, 0.05) is 12.0 Å². The topological polar surface area (TPSA) is 81.4 Å². The molecule has 114 valence electrons. The molecule has 0 unspecified atom stereocenters. The fourth-order valence-electron chi connectivity index (χ4n) is 2.82. The van der Waals surface area contributed by atoms with Crippen molar-refractivity contribution in [3.05, 3.63) is 10.4 Å². The minimum Gasteiger partial charge on any atom is -0.465 e. The van der Waals surface area contributed by atoms with Crippen LogP contribution < -0.4 is 11.1 Å². The number of carbonyl (C=O) groups is 2. The highest BCUT2D eigenvalue weighted by atomic mass is 32.1. The molecule has 3 rings (SSSR count). The van der Waals surface area contributed by atoms with Crippen molar-refractivity contribution in [1.82, 2.24) is 0 Å². The zero-order valence-electron chi connectivity index (χ0n) is 12.1.